The van der Waals surface area contributed by atoms with Crippen LogP contribution in [0.5, 0.6) is 0 Å². The third kappa shape index (κ3) is 4.06. The highest BCUT2D eigenvalue weighted by Gasteiger charge is 2.18. The number of hydrogen-bond acceptors (Lipinski definition) is 4. The van der Waals surface area contributed by atoms with E-state index in [4.69, 9.17) is 9.15 Å². The lowest BCUT2D eigenvalue weighted by Crippen LogP contribution is -2.33. The monoisotopic (exact) mass is 338 g/mol. The molecule has 130 valence electrons. The van der Waals surface area contributed by atoms with Gasteiger partial charge in [0.05, 0.1) is 13.2 Å². The summed E-state index contributed by atoms with van der Waals surface area (Å²) >= 11 is 0. The highest BCUT2D eigenvalue weighted by molar-refractivity contribution is 5.94. The lowest BCUT2D eigenvalue weighted by atomic mass is 10.1. The molecule has 1 amide bonds. The van der Waals surface area contributed by atoms with Gasteiger partial charge in [-0.3, -0.25) is 4.79 Å². The number of methoxy groups -OCH3 is 1. The van der Waals surface area contributed by atoms with Crippen molar-refractivity contribution in [3.63, 3.8) is 0 Å². The van der Waals surface area contributed by atoms with Crippen LogP contribution in [0.2, 0.25) is 0 Å². The zero-order valence-corrected chi connectivity index (χ0v) is 14.6. The molecule has 3 rings (SSSR count). The SMILES string of the molecule is CCc1ccc(C(=O)N(CCOC)Cc2nc3ccccc3o2)cc1. The predicted molar refractivity (Wildman–Crippen MR) is 96.4 cm³/mol. The van der Waals surface area contributed by atoms with E-state index in [2.05, 4.69) is 11.9 Å². The molecule has 0 bridgehead atoms. The summed E-state index contributed by atoms with van der Waals surface area (Å²) < 4.78 is 10.9. The van der Waals surface area contributed by atoms with Crippen molar-refractivity contribution in [3.8, 4) is 0 Å². The molecule has 0 saturated heterocycles. The molecule has 0 fully saturated rings. The molecule has 3 aromatic rings. The number of nitrogens with zero attached hydrogens (tertiary/aromatic N) is 2. The number of amides is 1. The molecule has 0 aliphatic rings. The number of ether oxygens (including phenoxy) is 1. The number of aromatic nitrogens is 1. The topological polar surface area (TPSA) is 55.6 Å². The lowest BCUT2D eigenvalue weighted by Gasteiger charge is -2.21. The number of carbonyl (C=O) groups excluding carboxylic acids is 1. The van der Waals surface area contributed by atoms with Gasteiger partial charge in [-0.25, -0.2) is 4.98 Å². The van der Waals surface area contributed by atoms with Crippen LogP contribution in [-0.4, -0.2) is 36.1 Å². The van der Waals surface area contributed by atoms with Gasteiger partial charge in [-0.1, -0.05) is 31.2 Å². The molecule has 1 aromatic heterocycles. The van der Waals surface area contributed by atoms with E-state index < -0.39 is 0 Å². The summed E-state index contributed by atoms with van der Waals surface area (Å²) in [7, 11) is 1.62. The first-order valence-electron chi connectivity index (χ1n) is 8.43. The third-order valence-corrected chi connectivity index (χ3v) is 4.13. The van der Waals surface area contributed by atoms with Crippen LogP contribution in [-0.2, 0) is 17.7 Å². The second-order valence-electron chi connectivity index (χ2n) is 5.85. The van der Waals surface area contributed by atoms with Gasteiger partial charge in [0, 0.05) is 19.2 Å². The number of carbonyl (C=O) groups is 1. The zero-order chi connectivity index (χ0) is 17.6. The average Bonchev–Trinajstić information content (AvgIpc) is 3.07. The van der Waals surface area contributed by atoms with Crippen LogP contribution in [0, 0.1) is 0 Å². The highest BCUT2D eigenvalue weighted by Crippen LogP contribution is 2.17. The summed E-state index contributed by atoms with van der Waals surface area (Å²) in [6.45, 7) is 3.34. The molecule has 0 N–H and O–H groups in total. The van der Waals surface area contributed by atoms with Crippen molar-refractivity contribution in [1.29, 1.82) is 0 Å². The number of rotatable bonds is 7. The molecule has 0 aliphatic carbocycles. The summed E-state index contributed by atoms with van der Waals surface area (Å²) in [5.41, 5.74) is 3.39. The van der Waals surface area contributed by atoms with E-state index in [-0.39, 0.29) is 5.91 Å². The molecule has 0 aliphatic heterocycles. The largest absolute Gasteiger partial charge is 0.439 e. The van der Waals surface area contributed by atoms with Gasteiger partial charge in [-0.2, -0.15) is 0 Å². The molecule has 1 heterocycles. The fourth-order valence-electron chi connectivity index (χ4n) is 2.67. The van der Waals surface area contributed by atoms with Gasteiger partial charge in [0.2, 0.25) is 5.89 Å². The Kier molecular flexibility index (Phi) is 5.46. The maximum Gasteiger partial charge on any atom is 0.254 e. The Labute approximate surface area is 147 Å². The second-order valence-corrected chi connectivity index (χ2v) is 5.85. The Morgan fingerprint density at radius 2 is 1.92 bits per heavy atom. The molecule has 0 atom stereocenters. The molecule has 0 radical (unpaired) electrons. The Bertz CT molecular complexity index is 807. The summed E-state index contributed by atoms with van der Waals surface area (Å²) in [5.74, 6) is 0.470. The van der Waals surface area contributed by atoms with Gasteiger partial charge >= 0.3 is 0 Å². The minimum Gasteiger partial charge on any atom is -0.439 e. The van der Waals surface area contributed by atoms with Crippen LogP contribution in [0.25, 0.3) is 11.1 Å². The quantitative estimate of drug-likeness (QED) is 0.659. The zero-order valence-electron chi connectivity index (χ0n) is 14.6. The molecule has 5 nitrogen and oxygen atoms in total. The fourth-order valence-corrected chi connectivity index (χ4v) is 2.67. The van der Waals surface area contributed by atoms with Gasteiger partial charge in [0.1, 0.15) is 5.52 Å². The Morgan fingerprint density at radius 3 is 2.60 bits per heavy atom. The summed E-state index contributed by atoms with van der Waals surface area (Å²) in [5, 5.41) is 0. The van der Waals surface area contributed by atoms with Crippen LogP contribution in [0.4, 0.5) is 0 Å². The second kappa shape index (κ2) is 7.94. The van der Waals surface area contributed by atoms with Crippen LogP contribution in [0.15, 0.2) is 52.9 Å². The van der Waals surface area contributed by atoms with Gasteiger partial charge in [0.15, 0.2) is 5.58 Å². The fraction of sp³-hybridized carbons (Fsp3) is 0.300. The number of benzene rings is 2. The van der Waals surface area contributed by atoms with Gasteiger partial charge in [0.25, 0.3) is 5.91 Å². The van der Waals surface area contributed by atoms with Gasteiger partial charge < -0.3 is 14.1 Å². The molecular formula is C20H22N2O3. The van der Waals surface area contributed by atoms with E-state index in [1.54, 1.807) is 12.0 Å². The first kappa shape index (κ1) is 17.2. The van der Waals surface area contributed by atoms with Crippen LogP contribution in [0.3, 0.4) is 0 Å². The molecule has 0 unspecified atom stereocenters. The van der Waals surface area contributed by atoms with E-state index >= 15 is 0 Å². The summed E-state index contributed by atoms with van der Waals surface area (Å²) in [6.07, 6.45) is 0.949. The molecule has 2 aromatic carbocycles. The smallest absolute Gasteiger partial charge is 0.254 e. The van der Waals surface area contributed by atoms with Crippen molar-refractivity contribution in [2.24, 2.45) is 0 Å². The van der Waals surface area contributed by atoms with Crippen LogP contribution >= 0.6 is 0 Å². The number of fused-ring (bicyclic) bond motifs is 1. The first-order chi connectivity index (χ1) is 12.2. The Balaban J connectivity index is 1.81. The van der Waals surface area contributed by atoms with Gasteiger partial charge in [-0.05, 0) is 36.2 Å². The van der Waals surface area contributed by atoms with Crippen LogP contribution < -0.4 is 0 Å². The first-order valence-corrected chi connectivity index (χ1v) is 8.43. The molecule has 25 heavy (non-hydrogen) atoms. The average molecular weight is 338 g/mol. The predicted octanol–water partition coefficient (Wildman–Crippen LogP) is 3.68. The van der Waals surface area contributed by atoms with Crippen molar-refractivity contribution in [2.45, 2.75) is 19.9 Å². The molecule has 0 saturated carbocycles. The Morgan fingerprint density at radius 1 is 1.16 bits per heavy atom. The van der Waals surface area contributed by atoms with E-state index in [0.717, 1.165) is 17.5 Å². The molecule has 5 heteroatoms. The van der Waals surface area contributed by atoms with Crippen molar-refractivity contribution in [3.05, 3.63) is 65.5 Å². The highest BCUT2D eigenvalue weighted by atomic mass is 16.5. The van der Waals surface area contributed by atoms with Crippen molar-refractivity contribution in [2.75, 3.05) is 20.3 Å². The van der Waals surface area contributed by atoms with Crippen molar-refractivity contribution < 1.29 is 13.9 Å². The maximum absolute atomic E-state index is 12.9. The minimum atomic E-state index is -0.0537. The number of para-hydroxylation sites is 2. The summed E-state index contributed by atoms with van der Waals surface area (Å²) in [6, 6.07) is 15.3. The van der Waals surface area contributed by atoms with E-state index in [0.29, 0.717) is 31.2 Å². The van der Waals surface area contributed by atoms with Crippen molar-refractivity contribution in [1.82, 2.24) is 9.88 Å². The van der Waals surface area contributed by atoms with E-state index in [1.807, 2.05) is 48.5 Å². The van der Waals surface area contributed by atoms with Gasteiger partial charge in [-0.15, -0.1) is 0 Å². The molecule has 0 spiro atoms. The normalized spacial score (nSPS) is 11.0. The van der Waals surface area contributed by atoms with E-state index in [1.165, 1.54) is 5.56 Å². The number of oxazole rings is 1. The standard InChI is InChI=1S/C20H22N2O3/c1-3-15-8-10-16(11-9-15)20(23)22(12-13-24-2)14-19-21-17-6-4-5-7-18(17)25-19/h4-11H,3,12-14H2,1-2H3. The third-order valence-electron chi connectivity index (χ3n) is 4.13. The van der Waals surface area contributed by atoms with Crippen LogP contribution in [0.1, 0.15) is 28.7 Å². The number of aryl methyl sites for hydroxylation is 1. The maximum atomic E-state index is 12.9. The lowest BCUT2D eigenvalue weighted by molar-refractivity contribution is 0.0664. The summed E-state index contributed by atoms with van der Waals surface area (Å²) in [4.78, 5) is 19.0. The Hall–Kier alpha value is -2.66. The molecular weight excluding hydrogens is 316 g/mol. The van der Waals surface area contributed by atoms with Crippen molar-refractivity contribution >= 4 is 17.0 Å². The number of hydrogen-bond donors (Lipinski definition) is 0. The van der Waals surface area contributed by atoms with E-state index in [9.17, 15) is 4.79 Å². The minimum absolute atomic E-state index is 0.0537.